The lowest BCUT2D eigenvalue weighted by atomic mass is 10.00. The highest BCUT2D eigenvalue weighted by atomic mass is 16.6. The van der Waals surface area contributed by atoms with Gasteiger partial charge in [0.2, 0.25) is 5.91 Å². The van der Waals surface area contributed by atoms with Crippen LogP contribution in [0.4, 0.5) is 0 Å². The average Bonchev–Trinajstić information content (AvgIpc) is 3.10. The first-order valence-electron chi connectivity index (χ1n) is 8.77. The summed E-state index contributed by atoms with van der Waals surface area (Å²) in [6, 6.07) is 18.2. The van der Waals surface area contributed by atoms with Gasteiger partial charge in [-0.2, -0.15) is 0 Å². The van der Waals surface area contributed by atoms with Gasteiger partial charge in [0.15, 0.2) is 6.10 Å². The first-order chi connectivity index (χ1) is 12.2. The molecule has 0 spiro atoms. The van der Waals surface area contributed by atoms with Crippen LogP contribution in [0.3, 0.4) is 0 Å². The maximum atomic E-state index is 12.3. The van der Waals surface area contributed by atoms with Crippen molar-refractivity contribution in [2.24, 2.45) is 5.16 Å². The predicted molar refractivity (Wildman–Crippen MR) is 99.4 cm³/mol. The molecule has 25 heavy (non-hydrogen) atoms. The molecule has 1 aliphatic heterocycles. The maximum absolute atomic E-state index is 12.3. The first kappa shape index (κ1) is 17.2. The molecule has 3 rings (SSSR count). The molecule has 0 radical (unpaired) electrons. The van der Waals surface area contributed by atoms with Crippen LogP contribution in [0.25, 0.3) is 0 Å². The second-order valence-corrected chi connectivity index (χ2v) is 6.40. The van der Waals surface area contributed by atoms with Crippen LogP contribution < -0.4 is 0 Å². The summed E-state index contributed by atoms with van der Waals surface area (Å²) >= 11 is 0. The molecular formula is C21H24N2O2. The Hall–Kier alpha value is -2.62. The number of hydrogen-bond acceptors (Lipinski definition) is 3. The third-order valence-electron chi connectivity index (χ3n) is 4.48. The molecule has 2 aromatic rings. The zero-order valence-electron chi connectivity index (χ0n) is 14.8. The van der Waals surface area contributed by atoms with E-state index >= 15 is 0 Å². The zero-order valence-corrected chi connectivity index (χ0v) is 14.8. The summed E-state index contributed by atoms with van der Waals surface area (Å²) in [5, 5.41) is 4.27. The fourth-order valence-electron chi connectivity index (χ4n) is 3.11. The molecule has 0 saturated carbocycles. The Morgan fingerprint density at radius 1 is 1.16 bits per heavy atom. The van der Waals surface area contributed by atoms with Crippen molar-refractivity contribution >= 4 is 11.6 Å². The van der Waals surface area contributed by atoms with E-state index < -0.39 is 0 Å². The van der Waals surface area contributed by atoms with Crippen molar-refractivity contribution < 1.29 is 9.63 Å². The minimum absolute atomic E-state index is 0.0891. The smallest absolute Gasteiger partial charge is 0.222 e. The van der Waals surface area contributed by atoms with Gasteiger partial charge in [-0.25, -0.2) is 0 Å². The highest BCUT2D eigenvalue weighted by molar-refractivity contribution is 6.02. The molecular weight excluding hydrogens is 312 g/mol. The average molecular weight is 336 g/mol. The first-order valence-corrected chi connectivity index (χ1v) is 8.77. The van der Waals surface area contributed by atoms with E-state index in [0.29, 0.717) is 19.5 Å². The fourth-order valence-corrected chi connectivity index (χ4v) is 3.11. The van der Waals surface area contributed by atoms with Gasteiger partial charge in [-0.3, -0.25) is 4.79 Å². The van der Waals surface area contributed by atoms with Gasteiger partial charge >= 0.3 is 0 Å². The van der Waals surface area contributed by atoms with Gasteiger partial charge in [0, 0.05) is 24.9 Å². The van der Waals surface area contributed by atoms with Crippen LogP contribution in [-0.2, 0) is 16.2 Å². The Labute approximate surface area is 149 Å². The van der Waals surface area contributed by atoms with Gasteiger partial charge in [0.25, 0.3) is 0 Å². The van der Waals surface area contributed by atoms with E-state index in [1.807, 2.05) is 54.3 Å². The van der Waals surface area contributed by atoms with Crippen LogP contribution >= 0.6 is 0 Å². The molecule has 1 aliphatic rings. The summed E-state index contributed by atoms with van der Waals surface area (Å²) in [4.78, 5) is 19.8. The van der Waals surface area contributed by atoms with Crippen LogP contribution in [-0.4, -0.2) is 29.2 Å². The maximum Gasteiger partial charge on any atom is 0.222 e. The fraction of sp³-hybridized carbons (Fsp3) is 0.333. The highest BCUT2D eigenvalue weighted by Gasteiger charge is 2.26. The minimum Gasteiger partial charge on any atom is -0.390 e. The largest absolute Gasteiger partial charge is 0.390 e. The number of hydrogen-bond donors (Lipinski definition) is 0. The van der Waals surface area contributed by atoms with Crippen LogP contribution in [0.5, 0.6) is 0 Å². The van der Waals surface area contributed by atoms with E-state index in [0.717, 1.165) is 23.3 Å². The zero-order chi connectivity index (χ0) is 17.6. The summed E-state index contributed by atoms with van der Waals surface area (Å²) in [7, 11) is 0. The Morgan fingerprint density at radius 2 is 1.88 bits per heavy atom. The molecule has 0 unspecified atom stereocenters. The standard InChI is InChI=1S/C21H24N2O2/c1-3-21(24)23(14-17-10-5-4-6-11-17)15-18-13-20(22-25-18)19-12-8-7-9-16(19)2/h4-12,18H,3,13-15H2,1-2H3/t18-/m1/s1. The molecule has 4 heteroatoms. The molecule has 0 aliphatic carbocycles. The van der Waals surface area contributed by atoms with E-state index in [1.165, 1.54) is 5.56 Å². The molecule has 1 heterocycles. The Balaban J connectivity index is 1.66. The summed E-state index contributed by atoms with van der Waals surface area (Å²) in [6.45, 7) is 5.13. The van der Waals surface area contributed by atoms with Crippen LogP contribution in [0.2, 0.25) is 0 Å². The normalized spacial score (nSPS) is 16.2. The third-order valence-corrected chi connectivity index (χ3v) is 4.48. The van der Waals surface area contributed by atoms with E-state index in [2.05, 4.69) is 24.2 Å². The Kier molecular flexibility index (Phi) is 5.49. The molecule has 1 amide bonds. The van der Waals surface area contributed by atoms with Crippen molar-refractivity contribution in [3.8, 4) is 0 Å². The highest BCUT2D eigenvalue weighted by Crippen LogP contribution is 2.21. The second kappa shape index (κ2) is 7.97. The second-order valence-electron chi connectivity index (χ2n) is 6.40. The summed E-state index contributed by atoms with van der Waals surface area (Å²) in [5.74, 6) is 0.136. The number of carbonyl (C=O) groups excluding carboxylic acids is 1. The lowest BCUT2D eigenvalue weighted by Gasteiger charge is -2.24. The van der Waals surface area contributed by atoms with Gasteiger partial charge in [0.1, 0.15) is 0 Å². The molecule has 4 nitrogen and oxygen atoms in total. The summed E-state index contributed by atoms with van der Waals surface area (Å²) in [6.07, 6.45) is 1.13. The van der Waals surface area contributed by atoms with Gasteiger partial charge in [-0.1, -0.05) is 66.7 Å². The van der Waals surface area contributed by atoms with E-state index in [9.17, 15) is 4.79 Å². The quantitative estimate of drug-likeness (QED) is 0.802. The number of benzene rings is 2. The predicted octanol–water partition coefficient (Wildman–Crippen LogP) is 3.93. The molecule has 1 atom stereocenters. The topological polar surface area (TPSA) is 41.9 Å². The van der Waals surface area contributed by atoms with Crippen molar-refractivity contribution in [3.63, 3.8) is 0 Å². The molecule has 0 bridgehead atoms. The van der Waals surface area contributed by atoms with Crippen LogP contribution in [0.15, 0.2) is 59.8 Å². The number of carbonyl (C=O) groups is 1. The Morgan fingerprint density at radius 3 is 2.60 bits per heavy atom. The molecule has 0 fully saturated rings. The van der Waals surface area contributed by atoms with Gasteiger partial charge in [-0.05, 0) is 18.1 Å². The van der Waals surface area contributed by atoms with Crippen molar-refractivity contribution in [2.75, 3.05) is 6.54 Å². The van der Waals surface area contributed by atoms with E-state index in [-0.39, 0.29) is 12.0 Å². The SMILES string of the molecule is CCC(=O)N(Cc1ccccc1)C[C@H]1CC(c2ccccc2C)=NO1. The van der Waals surface area contributed by atoms with Crippen molar-refractivity contribution in [1.82, 2.24) is 4.90 Å². The number of aryl methyl sites for hydroxylation is 1. The molecule has 2 aromatic carbocycles. The van der Waals surface area contributed by atoms with Gasteiger partial charge in [0.05, 0.1) is 12.3 Å². The van der Waals surface area contributed by atoms with E-state index in [1.54, 1.807) is 0 Å². The van der Waals surface area contributed by atoms with E-state index in [4.69, 9.17) is 4.84 Å². The molecule has 0 aromatic heterocycles. The van der Waals surface area contributed by atoms with Gasteiger partial charge in [-0.15, -0.1) is 0 Å². The minimum atomic E-state index is -0.0891. The number of amides is 1. The monoisotopic (exact) mass is 336 g/mol. The lowest BCUT2D eigenvalue weighted by molar-refractivity contribution is -0.133. The van der Waals surface area contributed by atoms with Crippen LogP contribution in [0, 0.1) is 6.92 Å². The van der Waals surface area contributed by atoms with Crippen molar-refractivity contribution in [3.05, 3.63) is 71.3 Å². The molecule has 0 saturated heterocycles. The van der Waals surface area contributed by atoms with Crippen molar-refractivity contribution in [1.29, 1.82) is 0 Å². The Bertz CT molecular complexity index is 756. The summed E-state index contributed by atoms with van der Waals surface area (Å²) < 4.78 is 0. The lowest BCUT2D eigenvalue weighted by Crippen LogP contribution is -2.36. The van der Waals surface area contributed by atoms with Gasteiger partial charge < -0.3 is 9.74 Å². The third kappa shape index (κ3) is 4.27. The molecule has 130 valence electrons. The molecule has 0 N–H and O–H groups in total. The number of oxime groups is 1. The van der Waals surface area contributed by atoms with Crippen molar-refractivity contribution in [2.45, 2.75) is 39.3 Å². The number of rotatable bonds is 6. The summed E-state index contributed by atoms with van der Waals surface area (Å²) in [5.41, 5.74) is 4.41. The van der Waals surface area contributed by atoms with Crippen LogP contribution in [0.1, 0.15) is 36.5 Å². The number of nitrogens with zero attached hydrogens (tertiary/aromatic N) is 2.